The average molecular weight is 464 g/mol. The van der Waals surface area contributed by atoms with Crippen molar-refractivity contribution in [2.75, 3.05) is 7.11 Å². The highest BCUT2D eigenvalue weighted by molar-refractivity contribution is 5.84. The predicted molar refractivity (Wildman–Crippen MR) is 133 cm³/mol. The Morgan fingerprint density at radius 1 is 1.06 bits per heavy atom. The second kappa shape index (κ2) is 8.06. The van der Waals surface area contributed by atoms with Gasteiger partial charge < -0.3 is 4.74 Å². The molecule has 4 fully saturated rings. The van der Waals surface area contributed by atoms with Crippen LogP contribution < -0.4 is 4.74 Å². The molecule has 4 saturated carbocycles. The van der Waals surface area contributed by atoms with Gasteiger partial charge in [-0.2, -0.15) is 0 Å². The van der Waals surface area contributed by atoms with Gasteiger partial charge in [-0.15, -0.1) is 5.10 Å². The largest absolute Gasteiger partial charge is 0.497 e. The Hall–Kier alpha value is -1.91. The molecule has 4 aliphatic rings. The summed E-state index contributed by atoms with van der Waals surface area (Å²) in [5.41, 5.74) is 2.40. The first-order valence-corrected chi connectivity index (χ1v) is 13.7. The zero-order chi connectivity index (χ0) is 23.7. The molecule has 1 aromatic carbocycles. The van der Waals surface area contributed by atoms with Crippen LogP contribution in [0.1, 0.15) is 78.6 Å². The first-order valence-electron chi connectivity index (χ1n) is 13.7. The summed E-state index contributed by atoms with van der Waals surface area (Å²) in [6, 6.07) is 5.78. The van der Waals surface area contributed by atoms with Gasteiger partial charge in [-0.25, -0.2) is 4.68 Å². The van der Waals surface area contributed by atoms with E-state index in [4.69, 9.17) is 4.74 Å². The smallest absolute Gasteiger partial charge is 0.157 e. The first kappa shape index (κ1) is 22.5. The maximum Gasteiger partial charge on any atom is 0.157 e. The van der Waals surface area contributed by atoms with Gasteiger partial charge in [0, 0.05) is 12.0 Å². The van der Waals surface area contributed by atoms with Crippen LogP contribution in [0.15, 0.2) is 18.2 Å². The molecule has 0 bridgehead atoms. The standard InChI is InChI=1S/C29H41N3O2/c1-18-11-13-28(2)19(15-18)5-7-21-22-8-9-24(29(22,3)14-12-23(21)28)27(33)17-32-26-10-6-20(34-4)16-25(26)30-31-32/h6,10,16,18-19,21-24H,5,7-9,11-15,17H2,1-4H3. The van der Waals surface area contributed by atoms with Crippen LogP contribution in [0.25, 0.3) is 11.0 Å². The van der Waals surface area contributed by atoms with E-state index in [0.29, 0.717) is 23.7 Å². The maximum atomic E-state index is 13.7. The Kier molecular flexibility index (Phi) is 5.35. The fraction of sp³-hybridized carbons (Fsp3) is 0.759. The number of methoxy groups -OCH3 is 1. The summed E-state index contributed by atoms with van der Waals surface area (Å²) < 4.78 is 7.11. The number of carbonyl (C=O) groups is 1. The van der Waals surface area contributed by atoms with Gasteiger partial charge >= 0.3 is 0 Å². The Labute approximate surface area is 204 Å². The third kappa shape index (κ3) is 3.28. The quantitative estimate of drug-likeness (QED) is 0.534. The number of hydrogen-bond donors (Lipinski definition) is 0. The summed E-state index contributed by atoms with van der Waals surface area (Å²) in [4.78, 5) is 13.7. The van der Waals surface area contributed by atoms with Crippen molar-refractivity contribution < 1.29 is 9.53 Å². The molecule has 0 aliphatic heterocycles. The lowest BCUT2D eigenvalue weighted by Crippen LogP contribution is -2.53. The fourth-order valence-electron chi connectivity index (χ4n) is 9.45. The topological polar surface area (TPSA) is 57.0 Å². The fourth-order valence-corrected chi connectivity index (χ4v) is 9.45. The van der Waals surface area contributed by atoms with E-state index in [1.807, 2.05) is 18.2 Å². The van der Waals surface area contributed by atoms with E-state index in [1.54, 1.807) is 11.8 Å². The molecule has 8 atom stereocenters. The molecule has 2 aromatic rings. The van der Waals surface area contributed by atoms with E-state index in [-0.39, 0.29) is 11.3 Å². The van der Waals surface area contributed by atoms with E-state index >= 15 is 0 Å². The molecule has 0 spiro atoms. The van der Waals surface area contributed by atoms with Crippen LogP contribution in [0, 0.1) is 46.3 Å². The third-order valence-electron chi connectivity index (χ3n) is 11.3. The summed E-state index contributed by atoms with van der Waals surface area (Å²) in [6.45, 7) is 7.91. The Morgan fingerprint density at radius 2 is 1.85 bits per heavy atom. The first-order chi connectivity index (χ1) is 16.3. The molecule has 184 valence electrons. The van der Waals surface area contributed by atoms with Gasteiger partial charge in [0.05, 0.1) is 12.6 Å². The summed E-state index contributed by atoms with van der Waals surface area (Å²) in [5.74, 6) is 5.54. The molecule has 1 heterocycles. The number of rotatable bonds is 4. The third-order valence-corrected chi connectivity index (χ3v) is 11.3. The highest BCUT2D eigenvalue weighted by atomic mass is 16.5. The minimum absolute atomic E-state index is 0.156. The summed E-state index contributed by atoms with van der Waals surface area (Å²) in [7, 11) is 1.66. The molecule has 34 heavy (non-hydrogen) atoms. The lowest BCUT2D eigenvalue weighted by Gasteiger charge is -2.61. The molecule has 5 nitrogen and oxygen atoms in total. The van der Waals surface area contributed by atoms with Gasteiger partial charge in [0.25, 0.3) is 0 Å². The van der Waals surface area contributed by atoms with Gasteiger partial charge in [0.2, 0.25) is 0 Å². The molecule has 0 amide bonds. The lowest BCUT2D eigenvalue weighted by molar-refractivity contribution is -0.137. The summed E-state index contributed by atoms with van der Waals surface area (Å²) in [6.07, 6.45) is 11.9. The SMILES string of the molecule is COc1ccc2c(c1)nnn2CC(=O)C1CCC2C3CCC4CC(C)CCC4(C)C3CCC12C. The van der Waals surface area contributed by atoms with Crippen LogP contribution in [-0.4, -0.2) is 27.9 Å². The van der Waals surface area contributed by atoms with Crippen molar-refractivity contribution in [3.63, 3.8) is 0 Å². The minimum Gasteiger partial charge on any atom is -0.497 e. The summed E-state index contributed by atoms with van der Waals surface area (Å²) >= 11 is 0. The van der Waals surface area contributed by atoms with Gasteiger partial charge in [-0.1, -0.05) is 32.4 Å². The van der Waals surface area contributed by atoms with E-state index in [1.165, 1.54) is 51.4 Å². The maximum absolute atomic E-state index is 13.7. The van der Waals surface area contributed by atoms with Crippen LogP contribution in [-0.2, 0) is 11.3 Å². The number of ketones is 1. The van der Waals surface area contributed by atoms with Crippen molar-refractivity contribution in [2.45, 2.75) is 85.1 Å². The average Bonchev–Trinajstić information content (AvgIpc) is 3.39. The van der Waals surface area contributed by atoms with Crippen molar-refractivity contribution in [2.24, 2.45) is 46.3 Å². The lowest BCUT2D eigenvalue weighted by atomic mass is 9.44. The number of Topliss-reactive ketones (excluding diaryl/α,β-unsaturated/α-hetero) is 1. The van der Waals surface area contributed by atoms with Crippen molar-refractivity contribution >= 4 is 16.8 Å². The molecule has 1 aromatic heterocycles. The van der Waals surface area contributed by atoms with Gasteiger partial charge in [-0.05, 0) is 104 Å². The second-order valence-electron chi connectivity index (χ2n) is 12.8. The van der Waals surface area contributed by atoms with E-state index in [0.717, 1.165) is 46.9 Å². The number of hydrogen-bond acceptors (Lipinski definition) is 4. The second-order valence-corrected chi connectivity index (χ2v) is 12.8. The van der Waals surface area contributed by atoms with Crippen molar-refractivity contribution in [3.05, 3.63) is 18.2 Å². The van der Waals surface area contributed by atoms with Crippen molar-refractivity contribution in [1.29, 1.82) is 0 Å². The monoisotopic (exact) mass is 463 g/mol. The van der Waals surface area contributed by atoms with Crippen LogP contribution in [0.3, 0.4) is 0 Å². The highest BCUT2D eigenvalue weighted by Crippen LogP contribution is 2.67. The summed E-state index contributed by atoms with van der Waals surface area (Å²) in [5, 5.41) is 8.62. The van der Waals surface area contributed by atoms with Crippen LogP contribution >= 0.6 is 0 Å². The predicted octanol–water partition coefficient (Wildman–Crippen LogP) is 6.30. The number of benzene rings is 1. The van der Waals surface area contributed by atoms with E-state index in [9.17, 15) is 4.79 Å². The molecule has 5 heteroatoms. The zero-order valence-corrected chi connectivity index (χ0v) is 21.4. The molecule has 4 aliphatic carbocycles. The number of carbonyl (C=O) groups excluding carboxylic acids is 1. The minimum atomic E-state index is 0.156. The molecule has 8 unspecified atom stereocenters. The number of ether oxygens (including phenoxy) is 1. The van der Waals surface area contributed by atoms with E-state index < -0.39 is 0 Å². The van der Waals surface area contributed by atoms with Gasteiger partial charge in [-0.3, -0.25) is 4.79 Å². The van der Waals surface area contributed by atoms with Crippen molar-refractivity contribution in [3.8, 4) is 5.75 Å². The number of aromatic nitrogens is 3. The Bertz CT molecular complexity index is 1090. The van der Waals surface area contributed by atoms with Crippen LogP contribution in [0.5, 0.6) is 5.75 Å². The van der Waals surface area contributed by atoms with Gasteiger partial charge in [0.1, 0.15) is 17.8 Å². The van der Waals surface area contributed by atoms with Gasteiger partial charge in [0.15, 0.2) is 5.78 Å². The molecule has 6 rings (SSSR count). The zero-order valence-electron chi connectivity index (χ0n) is 21.4. The highest BCUT2D eigenvalue weighted by Gasteiger charge is 2.60. The van der Waals surface area contributed by atoms with Crippen molar-refractivity contribution in [1.82, 2.24) is 15.0 Å². The Balaban J connectivity index is 1.21. The van der Waals surface area contributed by atoms with Crippen LogP contribution in [0.2, 0.25) is 0 Å². The molecular weight excluding hydrogens is 422 g/mol. The molecular formula is C29H41N3O2. The number of fused-ring (bicyclic) bond motifs is 6. The number of nitrogens with zero attached hydrogens (tertiary/aromatic N) is 3. The molecule has 0 saturated heterocycles. The molecule has 0 radical (unpaired) electrons. The normalized spacial score (nSPS) is 41.5. The van der Waals surface area contributed by atoms with E-state index in [2.05, 4.69) is 31.1 Å². The molecule has 0 N–H and O–H groups in total. The Morgan fingerprint density at radius 3 is 2.68 bits per heavy atom. The van der Waals surface area contributed by atoms with Crippen LogP contribution in [0.4, 0.5) is 0 Å².